The molecule has 0 unspecified atom stereocenters. The average Bonchev–Trinajstić information content (AvgIpc) is 3.19. The molecule has 2 fully saturated rings. The smallest absolute Gasteiger partial charge is 0.334 e. The van der Waals surface area contributed by atoms with E-state index >= 15 is 0 Å². The topological polar surface area (TPSA) is 84.0 Å². The quantitative estimate of drug-likeness (QED) is 0.448. The van der Waals surface area contributed by atoms with Gasteiger partial charge in [0.2, 0.25) is 0 Å². The second kappa shape index (κ2) is 7.04. The summed E-state index contributed by atoms with van der Waals surface area (Å²) in [5.41, 5.74) is 0.357. The molecular formula is C18H20N2O5. The van der Waals surface area contributed by atoms with Crippen LogP contribution in [-0.2, 0) is 9.59 Å². The first-order valence-corrected chi connectivity index (χ1v) is 8.48. The van der Waals surface area contributed by atoms with Crippen molar-refractivity contribution in [3.8, 4) is 5.75 Å². The van der Waals surface area contributed by atoms with Gasteiger partial charge in [0.15, 0.2) is 5.78 Å². The summed E-state index contributed by atoms with van der Waals surface area (Å²) < 4.78 is 5.31. The summed E-state index contributed by atoms with van der Waals surface area (Å²) in [6.45, 7) is 1.95. The highest BCUT2D eigenvalue weighted by molar-refractivity contribution is 6.45. The third kappa shape index (κ3) is 3.26. The summed E-state index contributed by atoms with van der Waals surface area (Å²) in [4.78, 5) is 50.9. The number of hydrogen-bond acceptors (Lipinski definition) is 5. The van der Waals surface area contributed by atoms with E-state index in [-0.39, 0.29) is 6.04 Å². The third-order valence-electron chi connectivity index (χ3n) is 4.56. The molecule has 4 amide bonds. The van der Waals surface area contributed by atoms with Crippen LogP contribution in [0.5, 0.6) is 5.75 Å². The van der Waals surface area contributed by atoms with E-state index in [1.54, 1.807) is 24.3 Å². The van der Waals surface area contributed by atoms with Crippen molar-refractivity contribution in [2.24, 2.45) is 0 Å². The van der Waals surface area contributed by atoms with Gasteiger partial charge in [0.1, 0.15) is 5.75 Å². The molecule has 1 saturated heterocycles. The fraction of sp³-hybridized carbons (Fsp3) is 0.444. The minimum Gasteiger partial charge on any atom is -0.494 e. The molecule has 7 heteroatoms. The van der Waals surface area contributed by atoms with E-state index < -0.39 is 30.2 Å². The van der Waals surface area contributed by atoms with Crippen LogP contribution in [0.1, 0.15) is 43.0 Å². The number of ether oxygens (including phenoxy) is 1. The van der Waals surface area contributed by atoms with Gasteiger partial charge in [0.25, 0.3) is 0 Å². The van der Waals surface area contributed by atoms with Crippen LogP contribution in [0.3, 0.4) is 0 Å². The summed E-state index contributed by atoms with van der Waals surface area (Å²) in [5.74, 6) is -1.51. The molecule has 0 aromatic heterocycles. The lowest BCUT2D eigenvalue weighted by atomic mass is 10.1. The maximum atomic E-state index is 12.5. The maximum Gasteiger partial charge on any atom is 0.334 e. The molecule has 1 aliphatic heterocycles. The Morgan fingerprint density at radius 1 is 1.08 bits per heavy atom. The van der Waals surface area contributed by atoms with Gasteiger partial charge < -0.3 is 4.74 Å². The molecule has 0 spiro atoms. The lowest BCUT2D eigenvalue weighted by Crippen LogP contribution is -2.41. The van der Waals surface area contributed by atoms with Gasteiger partial charge in [-0.2, -0.15) is 0 Å². The zero-order valence-electron chi connectivity index (χ0n) is 14.1. The SMILES string of the molecule is CCOc1ccc(C(=O)CN2C(=O)C(=O)N(C3CCCC3)C2=O)cc1. The van der Waals surface area contributed by atoms with Gasteiger partial charge in [-0.1, -0.05) is 12.8 Å². The van der Waals surface area contributed by atoms with Crippen molar-refractivity contribution in [1.29, 1.82) is 0 Å². The fourth-order valence-electron chi connectivity index (χ4n) is 3.28. The van der Waals surface area contributed by atoms with Crippen LogP contribution in [0.2, 0.25) is 0 Å². The Kier molecular flexibility index (Phi) is 4.83. The number of amides is 4. The number of urea groups is 1. The first-order chi connectivity index (χ1) is 12.0. The van der Waals surface area contributed by atoms with Gasteiger partial charge in [0, 0.05) is 11.6 Å². The summed E-state index contributed by atoms with van der Waals surface area (Å²) >= 11 is 0. The van der Waals surface area contributed by atoms with E-state index in [4.69, 9.17) is 4.74 Å². The molecule has 1 heterocycles. The summed E-state index contributed by atoms with van der Waals surface area (Å²) in [6, 6.07) is 5.56. The predicted molar refractivity (Wildman–Crippen MR) is 88.2 cm³/mol. The monoisotopic (exact) mass is 344 g/mol. The molecular weight excluding hydrogens is 324 g/mol. The average molecular weight is 344 g/mol. The van der Waals surface area contributed by atoms with Crippen molar-refractivity contribution in [3.63, 3.8) is 0 Å². The molecule has 7 nitrogen and oxygen atoms in total. The fourth-order valence-corrected chi connectivity index (χ4v) is 3.28. The first-order valence-electron chi connectivity index (χ1n) is 8.48. The van der Waals surface area contributed by atoms with E-state index in [1.165, 1.54) is 0 Å². The van der Waals surface area contributed by atoms with Crippen LogP contribution in [0.25, 0.3) is 0 Å². The Morgan fingerprint density at radius 3 is 2.32 bits per heavy atom. The summed E-state index contributed by atoms with van der Waals surface area (Å²) in [6.07, 6.45) is 3.29. The van der Waals surface area contributed by atoms with Crippen LogP contribution in [0.4, 0.5) is 4.79 Å². The number of carbonyl (C=O) groups excluding carboxylic acids is 4. The number of rotatable bonds is 6. The second-order valence-electron chi connectivity index (χ2n) is 6.17. The van der Waals surface area contributed by atoms with Gasteiger partial charge >= 0.3 is 17.8 Å². The van der Waals surface area contributed by atoms with E-state index in [0.29, 0.717) is 30.8 Å². The van der Waals surface area contributed by atoms with Crippen LogP contribution in [0, 0.1) is 0 Å². The Hall–Kier alpha value is -2.70. The molecule has 0 radical (unpaired) electrons. The number of imide groups is 2. The normalized spacial score (nSPS) is 18.4. The number of nitrogens with zero attached hydrogens (tertiary/aromatic N) is 2. The lowest BCUT2D eigenvalue weighted by molar-refractivity contribution is -0.143. The van der Waals surface area contributed by atoms with E-state index in [2.05, 4.69) is 0 Å². The molecule has 2 aliphatic rings. The number of ketones is 1. The van der Waals surface area contributed by atoms with Gasteiger partial charge in [-0.05, 0) is 44.0 Å². The van der Waals surface area contributed by atoms with E-state index in [9.17, 15) is 19.2 Å². The largest absolute Gasteiger partial charge is 0.494 e. The van der Waals surface area contributed by atoms with Gasteiger partial charge in [-0.25, -0.2) is 9.69 Å². The van der Waals surface area contributed by atoms with Crippen molar-refractivity contribution in [3.05, 3.63) is 29.8 Å². The lowest BCUT2D eigenvalue weighted by Gasteiger charge is -2.20. The van der Waals surface area contributed by atoms with Crippen molar-refractivity contribution in [1.82, 2.24) is 9.80 Å². The van der Waals surface area contributed by atoms with Crippen LogP contribution < -0.4 is 4.74 Å². The van der Waals surface area contributed by atoms with Crippen molar-refractivity contribution in [2.45, 2.75) is 38.6 Å². The molecule has 1 aliphatic carbocycles. The van der Waals surface area contributed by atoms with Crippen LogP contribution in [-0.4, -0.2) is 52.6 Å². The highest BCUT2D eigenvalue weighted by atomic mass is 16.5. The van der Waals surface area contributed by atoms with Crippen molar-refractivity contribution < 1.29 is 23.9 Å². The Bertz CT molecular complexity index is 707. The molecule has 3 rings (SSSR count). The van der Waals surface area contributed by atoms with Crippen molar-refractivity contribution in [2.75, 3.05) is 13.2 Å². The summed E-state index contributed by atoms with van der Waals surface area (Å²) in [7, 11) is 0. The molecule has 0 N–H and O–H groups in total. The zero-order valence-corrected chi connectivity index (χ0v) is 14.1. The van der Waals surface area contributed by atoms with Crippen LogP contribution >= 0.6 is 0 Å². The Morgan fingerprint density at radius 2 is 1.72 bits per heavy atom. The minimum absolute atomic E-state index is 0.227. The predicted octanol–water partition coefficient (Wildman–Crippen LogP) is 2.00. The minimum atomic E-state index is -0.920. The first kappa shape index (κ1) is 17.1. The summed E-state index contributed by atoms with van der Waals surface area (Å²) in [5, 5.41) is 0. The highest BCUT2D eigenvalue weighted by Crippen LogP contribution is 2.27. The Balaban J connectivity index is 1.71. The molecule has 132 valence electrons. The molecule has 25 heavy (non-hydrogen) atoms. The van der Waals surface area contributed by atoms with E-state index in [1.807, 2.05) is 6.92 Å². The highest BCUT2D eigenvalue weighted by Gasteiger charge is 2.48. The number of carbonyl (C=O) groups is 4. The number of benzene rings is 1. The second-order valence-corrected chi connectivity index (χ2v) is 6.17. The molecule has 0 atom stereocenters. The molecule has 0 bridgehead atoms. The number of Topliss-reactive ketones (excluding diaryl/α,β-unsaturated/α-hetero) is 1. The Labute approximate surface area is 145 Å². The van der Waals surface area contributed by atoms with Gasteiger partial charge in [0.05, 0.1) is 13.2 Å². The molecule has 1 aromatic carbocycles. The third-order valence-corrected chi connectivity index (χ3v) is 4.56. The van der Waals surface area contributed by atoms with Gasteiger partial charge in [-0.15, -0.1) is 0 Å². The maximum absolute atomic E-state index is 12.5. The zero-order chi connectivity index (χ0) is 18.0. The van der Waals surface area contributed by atoms with E-state index in [0.717, 1.165) is 22.6 Å². The van der Waals surface area contributed by atoms with Crippen LogP contribution in [0.15, 0.2) is 24.3 Å². The molecule has 1 aromatic rings. The van der Waals surface area contributed by atoms with Crippen molar-refractivity contribution >= 4 is 23.6 Å². The standard InChI is InChI=1S/C18H20N2O5/c1-2-25-14-9-7-12(8-10-14)15(21)11-19-16(22)17(23)20(18(19)24)13-5-3-4-6-13/h7-10,13H,2-6,11H2,1H3. The molecule has 1 saturated carbocycles. The number of hydrogen-bond donors (Lipinski definition) is 0. The van der Waals surface area contributed by atoms with Gasteiger partial charge in [-0.3, -0.25) is 19.3 Å².